The summed E-state index contributed by atoms with van der Waals surface area (Å²) >= 11 is 5.66. The van der Waals surface area contributed by atoms with Gasteiger partial charge in [-0.05, 0) is 42.5 Å². The molecule has 134 valence electrons. The number of nitrogens with two attached hydrogens (primary N) is 2. The lowest BCUT2D eigenvalue weighted by atomic mass is 10.2. The molecule has 0 aromatic heterocycles. The van der Waals surface area contributed by atoms with Crippen molar-refractivity contribution in [3.05, 3.63) is 83.4 Å². The van der Waals surface area contributed by atoms with Crippen molar-refractivity contribution in [2.45, 2.75) is 0 Å². The van der Waals surface area contributed by atoms with Crippen molar-refractivity contribution < 1.29 is 14.3 Å². The molecular formula is C20H19ClN2O3. The standard InChI is InChI=1S/C13H11NO2.C7H8ClNO/c14-13(15)10-5-4-8-12(9-10)16-11-6-2-1-3-7-11;1-10-7-4-5(8)2-3-6(7)9/h1-9H,(H2,14,15);2-4H,9H2,1H3. The van der Waals surface area contributed by atoms with Gasteiger partial charge in [-0.15, -0.1) is 0 Å². The summed E-state index contributed by atoms with van der Waals surface area (Å²) in [5, 5.41) is 0.631. The molecule has 4 N–H and O–H groups in total. The topological polar surface area (TPSA) is 87.6 Å². The van der Waals surface area contributed by atoms with Gasteiger partial charge in [-0.1, -0.05) is 35.9 Å². The normalized spacial score (nSPS) is 9.62. The molecule has 6 heteroatoms. The second-order valence-corrected chi connectivity index (χ2v) is 5.63. The molecule has 0 radical (unpaired) electrons. The minimum atomic E-state index is -0.460. The van der Waals surface area contributed by atoms with Crippen LogP contribution in [0.2, 0.25) is 5.02 Å². The molecule has 0 bridgehead atoms. The Morgan fingerprint density at radius 3 is 2.23 bits per heavy atom. The molecule has 3 aromatic carbocycles. The zero-order valence-corrected chi connectivity index (χ0v) is 14.9. The Kier molecular flexibility index (Phi) is 6.88. The van der Waals surface area contributed by atoms with Crippen molar-refractivity contribution in [1.82, 2.24) is 0 Å². The third-order valence-corrected chi connectivity index (χ3v) is 3.53. The average Bonchev–Trinajstić information content (AvgIpc) is 2.65. The lowest BCUT2D eigenvalue weighted by Crippen LogP contribution is -2.10. The Hall–Kier alpha value is -3.18. The first-order valence-electron chi connectivity index (χ1n) is 7.71. The first kappa shape index (κ1) is 19.1. The smallest absolute Gasteiger partial charge is 0.248 e. The van der Waals surface area contributed by atoms with E-state index < -0.39 is 5.91 Å². The zero-order valence-electron chi connectivity index (χ0n) is 14.2. The van der Waals surface area contributed by atoms with Gasteiger partial charge in [-0.3, -0.25) is 4.79 Å². The van der Waals surface area contributed by atoms with Crippen LogP contribution in [0.1, 0.15) is 10.4 Å². The van der Waals surface area contributed by atoms with E-state index in [1.807, 2.05) is 30.3 Å². The van der Waals surface area contributed by atoms with Crippen molar-refractivity contribution >= 4 is 23.2 Å². The molecule has 0 atom stereocenters. The minimum absolute atomic E-state index is 0.438. The molecule has 0 aliphatic carbocycles. The zero-order chi connectivity index (χ0) is 18.9. The maximum Gasteiger partial charge on any atom is 0.248 e. The summed E-state index contributed by atoms with van der Waals surface area (Å²) in [6, 6.07) is 21.3. The number of hydrogen-bond acceptors (Lipinski definition) is 4. The first-order chi connectivity index (χ1) is 12.5. The molecule has 0 saturated heterocycles. The summed E-state index contributed by atoms with van der Waals surface area (Å²) in [6.45, 7) is 0. The number of anilines is 1. The molecule has 3 aromatic rings. The maximum atomic E-state index is 11.0. The van der Waals surface area contributed by atoms with Crippen LogP contribution >= 0.6 is 11.6 Å². The number of hydrogen-bond donors (Lipinski definition) is 2. The van der Waals surface area contributed by atoms with Crippen LogP contribution in [-0.2, 0) is 0 Å². The largest absolute Gasteiger partial charge is 0.495 e. The third kappa shape index (κ3) is 5.72. The molecule has 0 saturated carbocycles. The summed E-state index contributed by atoms with van der Waals surface area (Å²) in [5.74, 6) is 1.48. The number of ether oxygens (including phenoxy) is 2. The summed E-state index contributed by atoms with van der Waals surface area (Å²) in [4.78, 5) is 11.0. The van der Waals surface area contributed by atoms with Gasteiger partial charge in [0.05, 0.1) is 12.8 Å². The van der Waals surface area contributed by atoms with E-state index in [1.165, 1.54) is 0 Å². The van der Waals surface area contributed by atoms with Crippen LogP contribution < -0.4 is 20.9 Å². The van der Waals surface area contributed by atoms with Crippen molar-refractivity contribution in [1.29, 1.82) is 0 Å². The van der Waals surface area contributed by atoms with Crippen LogP contribution in [0.25, 0.3) is 0 Å². The highest BCUT2D eigenvalue weighted by Gasteiger charge is 2.02. The van der Waals surface area contributed by atoms with Crippen molar-refractivity contribution in [2.24, 2.45) is 5.73 Å². The first-order valence-corrected chi connectivity index (χ1v) is 8.09. The van der Waals surface area contributed by atoms with Gasteiger partial charge in [0, 0.05) is 16.7 Å². The number of benzene rings is 3. The maximum absolute atomic E-state index is 11.0. The summed E-state index contributed by atoms with van der Waals surface area (Å²) in [6.07, 6.45) is 0. The second-order valence-electron chi connectivity index (χ2n) is 5.19. The number of carbonyl (C=O) groups is 1. The molecule has 0 fully saturated rings. The van der Waals surface area contributed by atoms with Crippen LogP contribution in [0.4, 0.5) is 5.69 Å². The van der Waals surface area contributed by atoms with Gasteiger partial charge in [0.1, 0.15) is 17.2 Å². The quantitative estimate of drug-likeness (QED) is 0.661. The summed E-state index contributed by atoms with van der Waals surface area (Å²) < 4.78 is 10.5. The fourth-order valence-corrected chi connectivity index (χ4v) is 2.18. The van der Waals surface area contributed by atoms with Gasteiger partial charge in [0.2, 0.25) is 5.91 Å². The number of amides is 1. The predicted octanol–water partition coefficient (Wildman–Crippen LogP) is 4.51. The summed E-state index contributed by atoms with van der Waals surface area (Å²) in [7, 11) is 1.56. The Morgan fingerprint density at radius 1 is 0.923 bits per heavy atom. The van der Waals surface area contributed by atoms with Gasteiger partial charge in [-0.2, -0.15) is 0 Å². The summed E-state index contributed by atoms with van der Waals surface area (Å²) in [5.41, 5.74) is 11.7. The predicted molar refractivity (Wildman–Crippen MR) is 104 cm³/mol. The highest BCUT2D eigenvalue weighted by Crippen LogP contribution is 2.24. The van der Waals surface area contributed by atoms with Crippen LogP contribution in [0, 0.1) is 0 Å². The van der Waals surface area contributed by atoms with Crippen LogP contribution in [0.5, 0.6) is 17.2 Å². The molecule has 26 heavy (non-hydrogen) atoms. The van der Waals surface area contributed by atoms with E-state index in [9.17, 15) is 4.79 Å². The van der Waals surface area contributed by atoms with E-state index in [2.05, 4.69) is 0 Å². The van der Waals surface area contributed by atoms with Crippen LogP contribution in [0.3, 0.4) is 0 Å². The lowest BCUT2D eigenvalue weighted by molar-refractivity contribution is 0.1000. The van der Waals surface area contributed by atoms with Gasteiger partial charge < -0.3 is 20.9 Å². The SMILES string of the molecule is COc1cc(Cl)ccc1N.NC(=O)c1cccc(Oc2ccccc2)c1. The highest BCUT2D eigenvalue weighted by atomic mass is 35.5. The average molecular weight is 371 g/mol. The van der Waals surface area contributed by atoms with E-state index in [0.29, 0.717) is 27.8 Å². The van der Waals surface area contributed by atoms with Gasteiger partial charge in [0.15, 0.2) is 0 Å². The van der Waals surface area contributed by atoms with Crippen LogP contribution in [-0.4, -0.2) is 13.0 Å². The van der Waals surface area contributed by atoms with E-state index in [4.69, 9.17) is 32.5 Å². The highest BCUT2D eigenvalue weighted by molar-refractivity contribution is 6.30. The molecule has 0 aliphatic rings. The van der Waals surface area contributed by atoms with Crippen molar-refractivity contribution in [2.75, 3.05) is 12.8 Å². The number of carbonyl (C=O) groups excluding carboxylic acids is 1. The molecule has 0 spiro atoms. The van der Waals surface area contributed by atoms with Crippen LogP contribution in [0.15, 0.2) is 72.8 Å². The molecule has 5 nitrogen and oxygen atoms in total. The number of nitrogen functional groups attached to an aromatic ring is 1. The molecule has 1 amide bonds. The van der Waals surface area contributed by atoms with Gasteiger partial charge in [-0.25, -0.2) is 0 Å². The van der Waals surface area contributed by atoms with Crippen molar-refractivity contribution in [3.8, 4) is 17.2 Å². The Bertz CT molecular complexity index is 870. The number of halogens is 1. The van der Waals surface area contributed by atoms with E-state index >= 15 is 0 Å². The molecule has 3 rings (SSSR count). The number of para-hydroxylation sites is 1. The molecule has 0 heterocycles. The lowest BCUT2D eigenvalue weighted by Gasteiger charge is -2.05. The second kappa shape index (κ2) is 9.34. The Balaban J connectivity index is 0.000000209. The van der Waals surface area contributed by atoms with Gasteiger partial charge in [0.25, 0.3) is 0 Å². The van der Waals surface area contributed by atoms with Crippen molar-refractivity contribution in [3.63, 3.8) is 0 Å². The van der Waals surface area contributed by atoms with E-state index in [1.54, 1.807) is 49.6 Å². The fraction of sp³-hybridized carbons (Fsp3) is 0.0500. The fourth-order valence-electron chi connectivity index (χ4n) is 2.02. The Labute approximate surface area is 157 Å². The van der Waals surface area contributed by atoms with E-state index in [0.717, 1.165) is 5.75 Å². The Morgan fingerprint density at radius 2 is 1.62 bits per heavy atom. The number of primary amides is 1. The number of rotatable bonds is 4. The minimum Gasteiger partial charge on any atom is -0.495 e. The number of methoxy groups -OCH3 is 1. The monoisotopic (exact) mass is 370 g/mol. The van der Waals surface area contributed by atoms with Gasteiger partial charge >= 0.3 is 0 Å². The van der Waals surface area contributed by atoms with E-state index in [-0.39, 0.29) is 0 Å². The molecule has 0 unspecified atom stereocenters. The molecule has 0 aliphatic heterocycles. The molecular weight excluding hydrogens is 352 g/mol. The third-order valence-electron chi connectivity index (χ3n) is 3.29.